The summed E-state index contributed by atoms with van der Waals surface area (Å²) in [6, 6.07) is 13.6. The van der Waals surface area contributed by atoms with Crippen LogP contribution in [0.5, 0.6) is 11.5 Å². The molecule has 0 unspecified atom stereocenters. The van der Waals surface area contributed by atoms with E-state index in [1.165, 1.54) is 0 Å². The third kappa shape index (κ3) is 4.96. The van der Waals surface area contributed by atoms with Crippen LogP contribution in [-0.4, -0.2) is 30.2 Å². The van der Waals surface area contributed by atoms with Crippen LogP contribution in [0.25, 0.3) is 18.0 Å². The van der Waals surface area contributed by atoms with Gasteiger partial charge in [-0.2, -0.15) is 5.10 Å². The number of nitrogens with zero attached hydrogens (tertiary/aromatic N) is 3. The van der Waals surface area contributed by atoms with Gasteiger partial charge in [-0.15, -0.1) is 12.6 Å². The number of pyridine rings is 1. The number of hydrogen-bond acceptors (Lipinski definition) is 5. The summed E-state index contributed by atoms with van der Waals surface area (Å²) < 4.78 is 13.7. The fourth-order valence-corrected chi connectivity index (χ4v) is 3.90. The molecule has 1 aromatic carbocycles. The molecule has 3 rings (SSSR count). The third-order valence-electron chi connectivity index (χ3n) is 5.38. The molecule has 0 radical (unpaired) electrons. The van der Waals surface area contributed by atoms with E-state index >= 15 is 0 Å². The molecule has 158 valence electrons. The monoisotopic (exact) mass is 439 g/mol. The lowest BCUT2D eigenvalue weighted by atomic mass is 10.2. The Hall–Kier alpha value is -2.51. The number of hydrogen-bond donors (Lipinski definition) is 1. The molecule has 0 aliphatic rings. The van der Waals surface area contributed by atoms with Crippen molar-refractivity contribution in [2.45, 2.75) is 43.9 Å². The van der Waals surface area contributed by atoms with Crippen LogP contribution in [0.3, 0.4) is 0 Å². The maximum absolute atomic E-state index is 6.43. The molecule has 3 aromatic rings. The fourth-order valence-electron chi connectivity index (χ4n) is 2.60. The van der Waals surface area contributed by atoms with E-state index in [0.717, 1.165) is 33.6 Å². The zero-order chi connectivity index (χ0) is 21.9. The average Bonchev–Trinajstić information content (AvgIpc) is 3.07. The van der Waals surface area contributed by atoms with Gasteiger partial charge in [0.05, 0.1) is 17.8 Å². The summed E-state index contributed by atoms with van der Waals surface area (Å²) in [5.74, 6) is 2.25. The summed E-state index contributed by atoms with van der Waals surface area (Å²) in [4.78, 5) is 4.32. The minimum Gasteiger partial charge on any atom is -0.541 e. The van der Waals surface area contributed by atoms with Crippen molar-refractivity contribution in [3.63, 3.8) is 0 Å². The largest absolute Gasteiger partial charge is 0.541 e. The Balaban J connectivity index is 1.82. The number of rotatable bonds is 6. The van der Waals surface area contributed by atoms with Crippen molar-refractivity contribution in [1.82, 2.24) is 14.8 Å². The molecule has 0 saturated carbocycles. The zero-order valence-electron chi connectivity index (χ0n) is 18.4. The second kappa shape index (κ2) is 8.69. The minimum atomic E-state index is -1.94. The highest BCUT2D eigenvalue weighted by Gasteiger charge is 2.39. The first-order valence-electron chi connectivity index (χ1n) is 9.86. The first-order chi connectivity index (χ1) is 14.1. The van der Waals surface area contributed by atoms with Crippen molar-refractivity contribution in [1.29, 1.82) is 0 Å². The topological polar surface area (TPSA) is 49.2 Å². The Kier molecular flexibility index (Phi) is 6.43. The van der Waals surface area contributed by atoms with Crippen LogP contribution in [0.1, 0.15) is 32.0 Å². The number of ether oxygens (including phenoxy) is 1. The molecule has 30 heavy (non-hydrogen) atoms. The minimum absolute atomic E-state index is 0.119. The first-order valence-corrected chi connectivity index (χ1v) is 13.2. The standard InChI is InChI=1S/C23H29N3O2SSi/c1-23(2,3)30(5,6)28-19-13-11-17(15-20(19)27-4)10-12-18-16-22(29)26(25-18)21-9-7-8-14-24-21/h7-16,29H,1-6H3. The van der Waals surface area contributed by atoms with Crippen molar-refractivity contribution in [2.24, 2.45) is 0 Å². The molecule has 2 aromatic heterocycles. The number of benzene rings is 1. The molecular formula is C23H29N3O2SSi. The van der Waals surface area contributed by atoms with Gasteiger partial charge in [0.2, 0.25) is 0 Å². The van der Waals surface area contributed by atoms with Crippen molar-refractivity contribution < 1.29 is 9.16 Å². The van der Waals surface area contributed by atoms with Crippen molar-refractivity contribution in [2.75, 3.05) is 7.11 Å². The van der Waals surface area contributed by atoms with Gasteiger partial charge in [0.1, 0.15) is 5.75 Å². The molecule has 0 bridgehead atoms. The predicted octanol–water partition coefficient (Wildman–Crippen LogP) is 6.12. The fraction of sp³-hybridized carbons (Fsp3) is 0.304. The van der Waals surface area contributed by atoms with Gasteiger partial charge in [0.15, 0.2) is 11.6 Å². The summed E-state index contributed by atoms with van der Waals surface area (Å²) >= 11 is 4.51. The Labute approximate surface area is 185 Å². The zero-order valence-corrected chi connectivity index (χ0v) is 20.3. The Bertz CT molecular complexity index is 1040. The molecule has 0 spiro atoms. The van der Waals surface area contributed by atoms with E-state index in [9.17, 15) is 0 Å². The summed E-state index contributed by atoms with van der Waals surface area (Å²) in [6.07, 6.45) is 5.68. The third-order valence-corrected chi connectivity index (χ3v) is 10.0. The molecule has 0 N–H and O–H groups in total. The van der Waals surface area contributed by atoms with E-state index in [1.54, 1.807) is 18.0 Å². The number of methoxy groups -OCH3 is 1. The normalized spacial score (nSPS) is 12.4. The molecule has 0 aliphatic heterocycles. The van der Waals surface area contributed by atoms with E-state index in [4.69, 9.17) is 9.16 Å². The van der Waals surface area contributed by atoms with Crippen LogP contribution >= 0.6 is 12.6 Å². The highest BCUT2D eigenvalue weighted by molar-refractivity contribution is 7.80. The quantitative estimate of drug-likeness (QED) is 0.371. The lowest BCUT2D eigenvalue weighted by Gasteiger charge is -2.36. The number of thiol groups is 1. The van der Waals surface area contributed by atoms with Gasteiger partial charge in [0.25, 0.3) is 8.32 Å². The summed E-state index contributed by atoms with van der Waals surface area (Å²) in [7, 11) is -0.273. The smallest absolute Gasteiger partial charge is 0.250 e. The first kappa shape index (κ1) is 22.2. The van der Waals surface area contributed by atoms with E-state index in [1.807, 2.05) is 54.6 Å². The van der Waals surface area contributed by atoms with Gasteiger partial charge in [-0.05, 0) is 60.1 Å². The second-order valence-corrected chi connectivity index (χ2v) is 13.8. The molecule has 7 heteroatoms. The molecule has 5 nitrogen and oxygen atoms in total. The van der Waals surface area contributed by atoms with E-state index in [2.05, 4.69) is 56.6 Å². The van der Waals surface area contributed by atoms with Gasteiger partial charge in [-0.1, -0.05) is 39.0 Å². The van der Waals surface area contributed by atoms with Gasteiger partial charge in [0, 0.05) is 6.20 Å². The summed E-state index contributed by atoms with van der Waals surface area (Å²) in [5, 5.41) is 5.42. The van der Waals surface area contributed by atoms with Crippen LogP contribution in [0.15, 0.2) is 53.7 Å². The van der Waals surface area contributed by atoms with E-state index in [-0.39, 0.29) is 5.04 Å². The van der Waals surface area contributed by atoms with Crippen LogP contribution < -0.4 is 9.16 Å². The Morgan fingerprint density at radius 2 is 1.80 bits per heavy atom. The molecule has 0 saturated heterocycles. The lowest BCUT2D eigenvalue weighted by molar-refractivity contribution is 0.386. The SMILES string of the molecule is COc1cc(C=Cc2cc(S)n(-c3ccccn3)n2)ccc1O[Si](C)(C)C(C)(C)C. The predicted molar refractivity (Wildman–Crippen MR) is 128 cm³/mol. The van der Waals surface area contributed by atoms with Crippen molar-refractivity contribution >= 4 is 33.1 Å². The number of aromatic nitrogens is 3. The molecule has 2 heterocycles. The van der Waals surface area contributed by atoms with Gasteiger partial charge < -0.3 is 9.16 Å². The Morgan fingerprint density at radius 3 is 2.43 bits per heavy atom. The van der Waals surface area contributed by atoms with Crippen LogP contribution in [0.2, 0.25) is 18.1 Å². The van der Waals surface area contributed by atoms with E-state index in [0.29, 0.717) is 0 Å². The van der Waals surface area contributed by atoms with Crippen molar-refractivity contribution in [3.05, 3.63) is 59.9 Å². The van der Waals surface area contributed by atoms with Gasteiger partial charge in [-0.3, -0.25) is 0 Å². The second-order valence-electron chi connectivity index (χ2n) is 8.63. The maximum Gasteiger partial charge on any atom is 0.250 e. The van der Waals surface area contributed by atoms with E-state index < -0.39 is 8.32 Å². The highest BCUT2D eigenvalue weighted by atomic mass is 32.1. The van der Waals surface area contributed by atoms with Gasteiger partial charge >= 0.3 is 0 Å². The lowest BCUT2D eigenvalue weighted by Crippen LogP contribution is -2.43. The Morgan fingerprint density at radius 1 is 1.03 bits per heavy atom. The van der Waals surface area contributed by atoms with Crippen LogP contribution in [-0.2, 0) is 0 Å². The molecular weight excluding hydrogens is 410 g/mol. The summed E-state index contributed by atoms with van der Waals surface area (Å²) in [6.45, 7) is 11.1. The molecule has 0 fully saturated rings. The molecule has 0 atom stereocenters. The van der Waals surface area contributed by atoms with Crippen LogP contribution in [0.4, 0.5) is 0 Å². The summed E-state index contributed by atoms with van der Waals surface area (Å²) in [5.41, 5.74) is 1.80. The maximum atomic E-state index is 6.43. The molecule has 0 amide bonds. The molecule has 0 aliphatic carbocycles. The van der Waals surface area contributed by atoms with Gasteiger partial charge in [-0.25, -0.2) is 9.67 Å². The highest BCUT2D eigenvalue weighted by Crippen LogP contribution is 2.40. The van der Waals surface area contributed by atoms with Crippen LogP contribution in [0, 0.1) is 0 Å². The average molecular weight is 440 g/mol. The van der Waals surface area contributed by atoms with Crippen molar-refractivity contribution in [3.8, 4) is 17.3 Å².